The Hall–Kier alpha value is -0.160. The largest absolute Gasteiger partial charge is 0.393 e. The van der Waals surface area contributed by atoms with Crippen LogP contribution in [0, 0.1) is 0 Å². The number of aliphatic hydroxyl groups is 2. The second-order valence-corrected chi connectivity index (χ2v) is 9.87. The van der Waals surface area contributed by atoms with E-state index in [0.717, 1.165) is 25.7 Å². The molecule has 4 aliphatic rings. The lowest BCUT2D eigenvalue weighted by molar-refractivity contribution is -0.955. The van der Waals surface area contributed by atoms with Gasteiger partial charge < -0.3 is 19.2 Å². The fourth-order valence-corrected chi connectivity index (χ4v) is 7.06. The Morgan fingerprint density at radius 2 is 0.917 bits per heavy atom. The summed E-state index contributed by atoms with van der Waals surface area (Å²) in [6.45, 7) is 2.61. The zero-order valence-electron chi connectivity index (χ0n) is 15.7. The quantitative estimate of drug-likeness (QED) is 0.595. The third kappa shape index (κ3) is 2.74. The molecule has 4 fully saturated rings. The summed E-state index contributed by atoms with van der Waals surface area (Å²) in [7, 11) is 4.93. The summed E-state index contributed by atoms with van der Waals surface area (Å²) in [5.74, 6) is 0. The standard InChI is InChI=1S/C20H38N2O2/c1-21(15-5-6-16(21)12-19(23)11-15)9-3-4-10-22(2)17-7-8-18(22)14-20(24)13-17/h15-20,23-24H,3-14H2,1-2H3/q+2. The van der Waals surface area contributed by atoms with Crippen LogP contribution < -0.4 is 0 Å². The molecule has 4 aliphatic heterocycles. The first kappa shape index (κ1) is 17.3. The SMILES string of the molecule is C[N+]1(CCCC[N+]2(C)C3CCC2CC(O)C3)C2CCC1CC(O)C2. The van der Waals surface area contributed by atoms with Crippen LogP contribution in [0.25, 0.3) is 0 Å². The van der Waals surface area contributed by atoms with E-state index in [0.29, 0.717) is 24.2 Å². The van der Waals surface area contributed by atoms with Gasteiger partial charge in [0.2, 0.25) is 0 Å². The van der Waals surface area contributed by atoms with Crippen LogP contribution in [0.4, 0.5) is 0 Å². The zero-order chi connectivity index (χ0) is 16.9. The maximum Gasteiger partial charge on any atom is 0.0917 e. The number of rotatable bonds is 5. The Morgan fingerprint density at radius 1 is 0.625 bits per heavy atom. The molecular formula is C20H38N2O2+2. The molecule has 4 rings (SSSR count). The van der Waals surface area contributed by atoms with Crippen molar-refractivity contribution >= 4 is 0 Å². The highest BCUT2D eigenvalue weighted by Gasteiger charge is 2.52. The van der Waals surface area contributed by atoms with Gasteiger partial charge >= 0.3 is 0 Å². The van der Waals surface area contributed by atoms with Crippen molar-refractivity contribution in [1.82, 2.24) is 0 Å². The molecule has 4 nitrogen and oxygen atoms in total. The molecule has 2 N–H and O–H groups in total. The maximum absolute atomic E-state index is 10.1. The lowest BCUT2D eigenvalue weighted by Crippen LogP contribution is -2.60. The molecule has 0 aliphatic carbocycles. The van der Waals surface area contributed by atoms with E-state index in [1.54, 1.807) is 0 Å². The van der Waals surface area contributed by atoms with E-state index >= 15 is 0 Å². The Kier molecular flexibility index (Phi) is 4.48. The molecule has 24 heavy (non-hydrogen) atoms. The second kappa shape index (κ2) is 6.22. The lowest BCUT2D eigenvalue weighted by Gasteiger charge is -2.47. The predicted molar refractivity (Wildman–Crippen MR) is 95.4 cm³/mol. The van der Waals surface area contributed by atoms with Crippen LogP contribution in [0.1, 0.15) is 64.2 Å². The summed E-state index contributed by atoms with van der Waals surface area (Å²) >= 11 is 0. The minimum atomic E-state index is -0.0337. The van der Waals surface area contributed by atoms with Crippen LogP contribution in [0.3, 0.4) is 0 Å². The van der Waals surface area contributed by atoms with Crippen LogP contribution in [-0.4, -0.2) is 82.7 Å². The Bertz CT molecular complexity index is 399. The van der Waals surface area contributed by atoms with Gasteiger partial charge in [-0.05, 0) is 0 Å². The number of aliphatic hydroxyl groups excluding tert-OH is 2. The molecular weight excluding hydrogens is 300 g/mol. The van der Waals surface area contributed by atoms with Crippen LogP contribution in [-0.2, 0) is 0 Å². The second-order valence-electron chi connectivity index (χ2n) is 9.87. The summed E-state index contributed by atoms with van der Waals surface area (Å²) < 4.78 is 2.48. The Morgan fingerprint density at radius 3 is 1.21 bits per heavy atom. The topological polar surface area (TPSA) is 40.5 Å². The van der Waals surface area contributed by atoms with E-state index in [4.69, 9.17) is 0 Å². The van der Waals surface area contributed by atoms with Crippen LogP contribution >= 0.6 is 0 Å². The number of quaternary nitrogens is 2. The first-order valence-electron chi connectivity index (χ1n) is 10.5. The van der Waals surface area contributed by atoms with E-state index < -0.39 is 0 Å². The highest BCUT2D eigenvalue weighted by atomic mass is 16.3. The van der Waals surface area contributed by atoms with Gasteiger partial charge in [-0.1, -0.05) is 0 Å². The van der Waals surface area contributed by atoms with Crippen molar-refractivity contribution in [2.45, 2.75) is 101 Å². The van der Waals surface area contributed by atoms with Gasteiger partial charge in [-0.15, -0.1) is 0 Å². The first-order valence-corrected chi connectivity index (χ1v) is 10.5. The number of nitrogens with zero attached hydrogens (tertiary/aromatic N) is 2. The summed E-state index contributed by atoms with van der Waals surface area (Å²) in [4.78, 5) is 0. The van der Waals surface area contributed by atoms with Crippen LogP contribution in [0.5, 0.6) is 0 Å². The average molecular weight is 339 g/mol. The molecule has 0 radical (unpaired) electrons. The average Bonchev–Trinajstić information content (AvgIpc) is 2.83. The molecule has 0 aromatic heterocycles. The van der Waals surface area contributed by atoms with Crippen molar-refractivity contribution in [1.29, 1.82) is 0 Å². The molecule has 4 saturated heterocycles. The minimum Gasteiger partial charge on any atom is -0.393 e. The number of hydrogen-bond acceptors (Lipinski definition) is 2. The molecule has 0 amide bonds. The fraction of sp³-hybridized carbons (Fsp3) is 1.00. The van der Waals surface area contributed by atoms with Crippen LogP contribution in [0.15, 0.2) is 0 Å². The van der Waals surface area contributed by atoms with E-state index in [1.165, 1.54) is 60.6 Å². The van der Waals surface area contributed by atoms with Gasteiger partial charge in [0.05, 0.1) is 63.6 Å². The molecule has 4 heteroatoms. The van der Waals surface area contributed by atoms with Gasteiger partial charge in [0, 0.05) is 64.2 Å². The summed E-state index contributed by atoms with van der Waals surface area (Å²) in [6.07, 6.45) is 12.0. The van der Waals surface area contributed by atoms with Crippen LogP contribution in [0.2, 0.25) is 0 Å². The molecule has 0 spiro atoms. The fourth-order valence-electron chi connectivity index (χ4n) is 7.06. The highest BCUT2D eigenvalue weighted by molar-refractivity contribution is 4.87. The molecule has 4 unspecified atom stereocenters. The molecule has 4 bridgehead atoms. The molecule has 0 saturated carbocycles. The monoisotopic (exact) mass is 338 g/mol. The normalized spacial score (nSPS) is 53.5. The molecule has 4 atom stereocenters. The number of piperidine rings is 2. The van der Waals surface area contributed by atoms with Crippen molar-refractivity contribution in [2.24, 2.45) is 0 Å². The lowest BCUT2D eigenvalue weighted by atomic mass is 9.95. The van der Waals surface area contributed by atoms with Gasteiger partial charge in [0.15, 0.2) is 0 Å². The van der Waals surface area contributed by atoms with E-state index in [1.807, 2.05) is 0 Å². The molecule has 138 valence electrons. The summed E-state index contributed by atoms with van der Waals surface area (Å²) in [5, 5.41) is 20.1. The molecule has 0 aromatic rings. The zero-order valence-corrected chi connectivity index (χ0v) is 15.7. The third-order valence-electron chi connectivity index (χ3n) is 8.71. The van der Waals surface area contributed by atoms with E-state index in [9.17, 15) is 10.2 Å². The first-order chi connectivity index (χ1) is 11.4. The number of fused-ring (bicyclic) bond motifs is 4. The van der Waals surface area contributed by atoms with E-state index in [-0.39, 0.29) is 12.2 Å². The number of unbranched alkanes of at least 4 members (excludes halogenated alkanes) is 1. The van der Waals surface area contributed by atoms with Crippen molar-refractivity contribution in [2.75, 3.05) is 27.2 Å². The van der Waals surface area contributed by atoms with Crippen molar-refractivity contribution in [3.63, 3.8) is 0 Å². The van der Waals surface area contributed by atoms with Crippen molar-refractivity contribution in [3.05, 3.63) is 0 Å². The Balaban J connectivity index is 1.29. The van der Waals surface area contributed by atoms with E-state index in [2.05, 4.69) is 14.1 Å². The van der Waals surface area contributed by atoms with Gasteiger partial charge in [-0.2, -0.15) is 0 Å². The van der Waals surface area contributed by atoms with Crippen molar-refractivity contribution < 1.29 is 19.2 Å². The minimum absolute atomic E-state index is 0.0337. The van der Waals surface area contributed by atoms with Gasteiger partial charge in [0.25, 0.3) is 0 Å². The van der Waals surface area contributed by atoms with Gasteiger partial charge in [-0.3, -0.25) is 0 Å². The summed E-state index contributed by atoms with van der Waals surface area (Å²) in [5.41, 5.74) is 0. The summed E-state index contributed by atoms with van der Waals surface area (Å²) in [6, 6.07) is 2.85. The molecule has 0 aromatic carbocycles. The Labute approximate surface area is 147 Å². The maximum atomic E-state index is 10.1. The smallest absolute Gasteiger partial charge is 0.0917 e. The number of hydrogen-bond donors (Lipinski definition) is 2. The van der Waals surface area contributed by atoms with Gasteiger partial charge in [-0.25, -0.2) is 0 Å². The van der Waals surface area contributed by atoms with Crippen molar-refractivity contribution in [3.8, 4) is 0 Å². The highest BCUT2D eigenvalue weighted by Crippen LogP contribution is 2.43. The molecule has 4 heterocycles. The predicted octanol–water partition coefficient (Wildman–Crippen LogP) is 2.03. The van der Waals surface area contributed by atoms with Gasteiger partial charge in [0.1, 0.15) is 0 Å². The third-order valence-corrected chi connectivity index (χ3v) is 8.71.